The molecule has 8 aliphatic rings. The van der Waals surface area contributed by atoms with E-state index in [2.05, 4.69) is 47.6 Å². The number of fused-ring (bicyclic) bond motifs is 7. The number of carboxylic acids is 1. The maximum absolute atomic E-state index is 12.4. The van der Waals surface area contributed by atoms with Crippen molar-refractivity contribution in [3.63, 3.8) is 0 Å². The van der Waals surface area contributed by atoms with Crippen LogP contribution >= 0.6 is 0 Å². The molecule has 3 heterocycles. The Morgan fingerprint density at radius 2 is 1.38 bits per heavy atom. The van der Waals surface area contributed by atoms with E-state index in [1.807, 2.05) is 6.92 Å². The number of carboxylic acid groups (broad SMARTS) is 1. The van der Waals surface area contributed by atoms with E-state index in [9.17, 15) is 55.9 Å². The minimum absolute atomic E-state index is 0.0286. The van der Waals surface area contributed by atoms with Crippen LogP contribution in [0.3, 0.4) is 0 Å². The van der Waals surface area contributed by atoms with Gasteiger partial charge in [0.15, 0.2) is 25.0 Å². The van der Waals surface area contributed by atoms with Crippen LogP contribution in [0.5, 0.6) is 0 Å². The van der Waals surface area contributed by atoms with Crippen molar-refractivity contribution in [1.82, 2.24) is 0 Å². The highest BCUT2D eigenvalue weighted by Crippen LogP contribution is 2.76. The number of hydrogen-bond donors (Lipinski definition) is 10. The van der Waals surface area contributed by atoms with Gasteiger partial charge in [0.05, 0.1) is 31.5 Å². The number of allylic oxidation sites excluding steroid dienone is 2. The molecule has 0 aromatic heterocycles. The molecule has 3 saturated heterocycles. The van der Waals surface area contributed by atoms with Crippen molar-refractivity contribution in [2.75, 3.05) is 13.2 Å². The van der Waals surface area contributed by atoms with Gasteiger partial charge < -0.3 is 79.5 Å². The van der Waals surface area contributed by atoms with Crippen LogP contribution in [-0.4, -0.2) is 168 Å². The van der Waals surface area contributed by atoms with Crippen LogP contribution in [0.1, 0.15) is 113 Å². The Kier molecular flexibility index (Phi) is 13.0. The molecule has 24 atom stereocenters. The second-order valence-electron chi connectivity index (χ2n) is 23.2. The van der Waals surface area contributed by atoms with Crippen LogP contribution in [-0.2, 0) is 33.2 Å². The van der Waals surface area contributed by atoms with Crippen molar-refractivity contribution in [2.45, 2.75) is 211 Å². The molecule has 8 rings (SSSR count). The standard InChI is InChI=1S/C47H76O17/c1-21-29(51)31(53)34(56)39(60-21)63-36-30(52)24(49)19-59-40(36)64-37-33(55)32(54)35(38(57)58)62-41(37)61-28-12-13-44(5)25(45(28,6)20-48)11-14-47(8)26(44)10-9-22-23-17-42(2,3)18-27(50)43(23,4)15-16-46(22,47)7/h9,21,23-37,39-41,48-56H,10-20H2,1-8H3,(H,57,58)/t21-,23?,24+,25+,26?,27+,28-,29+,30+,31+,32-,33-,34+,35-,36-,37+,39-,40+,41+,43+,44-,45+,46+,47+/m0/s1. The number of carbonyl (C=O) groups is 1. The second kappa shape index (κ2) is 16.9. The summed E-state index contributed by atoms with van der Waals surface area (Å²) in [4.78, 5) is 12.4. The molecule has 366 valence electrons. The highest BCUT2D eigenvalue weighted by atomic mass is 16.8. The van der Waals surface area contributed by atoms with E-state index in [0.29, 0.717) is 18.8 Å². The summed E-state index contributed by atoms with van der Waals surface area (Å²) in [5.74, 6) is -1.05. The minimum Gasteiger partial charge on any atom is -0.479 e. The fraction of sp³-hybridized carbons (Fsp3) is 0.936. The van der Waals surface area contributed by atoms with Crippen LogP contribution in [0.15, 0.2) is 11.6 Å². The molecule has 7 fully saturated rings. The number of aliphatic hydroxyl groups excluding tert-OH is 9. The zero-order valence-electron chi connectivity index (χ0n) is 38.7. The van der Waals surface area contributed by atoms with Gasteiger partial charge in [-0.1, -0.05) is 60.1 Å². The van der Waals surface area contributed by atoms with E-state index in [0.717, 1.165) is 44.9 Å². The molecule has 10 N–H and O–H groups in total. The van der Waals surface area contributed by atoms with Gasteiger partial charge in [-0.3, -0.25) is 0 Å². The molecule has 17 heteroatoms. The molecule has 3 aliphatic heterocycles. The van der Waals surface area contributed by atoms with Crippen molar-refractivity contribution in [3.8, 4) is 0 Å². The van der Waals surface area contributed by atoms with Crippen molar-refractivity contribution in [1.29, 1.82) is 0 Å². The Labute approximate surface area is 376 Å². The highest BCUT2D eigenvalue weighted by Gasteiger charge is 2.70. The summed E-state index contributed by atoms with van der Waals surface area (Å²) >= 11 is 0. The monoisotopic (exact) mass is 913 g/mol. The van der Waals surface area contributed by atoms with Gasteiger partial charge in [-0.15, -0.1) is 0 Å². The first-order valence-electron chi connectivity index (χ1n) is 23.7. The Bertz CT molecular complexity index is 1760. The fourth-order valence-electron chi connectivity index (χ4n) is 14.8. The summed E-state index contributed by atoms with van der Waals surface area (Å²) in [5, 5.41) is 109. The van der Waals surface area contributed by atoms with E-state index in [1.165, 1.54) is 12.5 Å². The zero-order valence-corrected chi connectivity index (χ0v) is 38.7. The van der Waals surface area contributed by atoms with Gasteiger partial charge in [-0.25, -0.2) is 4.79 Å². The first kappa shape index (κ1) is 49.0. The molecule has 0 bridgehead atoms. The molecule has 64 heavy (non-hydrogen) atoms. The summed E-state index contributed by atoms with van der Waals surface area (Å²) in [5.41, 5.74) is 0.0929. The Morgan fingerprint density at radius 1 is 0.703 bits per heavy atom. The predicted molar refractivity (Wildman–Crippen MR) is 225 cm³/mol. The lowest BCUT2D eigenvalue weighted by Gasteiger charge is -2.72. The molecule has 4 saturated carbocycles. The average Bonchev–Trinajstić information content (AvgIpc) is 3.22. The van der Waals surface area contributed by atoms with Gasteiger partial charge in [-0.05, 0) is 104 Å². The second-order valence-corrected chi connectivity index (χ2v) is 23.2. The molecule has 0 aromatic carbocycles. The van der Waals surface area contributed by atoms with Crippen molar-refractivity contribution >= 4 is 5.97 Å². The molecular weight excluding hydrogens is 837 g/mol. The number of aliphatic carboxylic acids is 1. The molecule has 17 nitrogen and oxygen atoms in total. The smallest absolute Gasteiger partial charge is 0.335 e. The average molecular weight is 913 g/mol. The lowest BCUT2D eigenvalue weighted by atomic mass is 9.33. The molecular formula is C47H76O17. The summed E-state index contributed by atoms with van der Waals surface area (Å²) in [6, 6.07) is 0. The van der Waals surface area contributed by atoms with Crippen LogP contribution < -0.4 is 0 Å². The molecule has 0 aromatic rings. The summed E-state index contributed by atoms with van der Waals surface area (Å²) in [6.45, 7) is 16.8. The number of ether oxygens (including phenoxy) is 6. The maximum atomic E-state index is 12.4. The number of rotatable bonds is 8. The van der Waals surface area contributed by atoms with E-state index in [4.69, 9.17) is 28.4 Å². The summed E-state index contributed by atoms with van der Waals surface area (Å²) in [6.07, 6.45) is -14.5. The number of hydrogen-bond acceptors (Lipinski definition) is 16. The van der Waals surface area contributed by atoms with E-state index >= 15 is 0 Å². The maximum Gasteiger partial charge on any atom is 0.335 e. The Hall–Kier alpha value is -1.39. The van der Waals surface area contributed by atoms with Gasteiger partial charge in [0.2, 0.25) is 0 Å². The van der Waals surface area contributed by atoms with Gasteiger partial charge in [0.1, 0.15) is 54.9 Å². The first-order chi connectivity index (χ1) is 29.8. The third kappa shape index (κ3) is 7.49. The SMILES string of the molecule is C[C@@H]1O[C@@H](O[C@@H]2[C@@H](O[C@H]3[C@H](O[C@H]4CC[C@]5(C)C6CC=C7C8CC(C)(C)C[C@@H](O)[C@]8(C)CC[C@@]7(C)[C@]6(C)CC[C@H]5[C@@]4(C)CO)O[C@H](C(=O)O)[C@@H](O)[C@@H]3O)OC[C@@H](O)[C@H]2O)[C@H](O)[C@H](O)[C@@H]1O. The molecule has 0 spiro atoms. The van der Waals surface area contributed by atoms with Gasteiger partial charge in [0.25, 0.3) is 0 Å². The largest absolute Gasteiger partial charge is 0.479 e. The van der Waals surface area contributed by atoms with Crippen LogP contribution in [0, 0.1) is 50.2 Å². The van der Waals surface area contributed by atoms with E-state index < -0.39 is 110 Å². The predicted octanol–water partition coefficient (Wildman–Crippen LogP) is 1.34. The minimum atomic E-state index is -2.01. The highest BCUT2D eigenvalue weighted by molar-refractivity contribution is 5.73. The topological polar surface area (TPSA) is 275 Å². The van der Waals surface area contributed by atoms with Crippen LogP contribution in [0.25, 0.3) is 0 Å². The van der Waals surface area contributed by atoms with Crippen molar-refractivity contribution < 1.29 is 84.3 Å². The molecule has 2 unspecified atom stereocenters. The van der Waals surface area contributed by atoms with Crippen molar-refractivity contribution in [3.05, 3.63) is 11.6 Å². The lowest BCUT2D eigenvalue weighted by Crippen LogP contribution is -2.68. The third-order valence-corrected chi connectivity index (χ3v) is 19.1. The van der Waals surface area contributed by atoms with Crippen LogP contribution in [0.2, 0.25) is 0 Å². The van der Waals surface area contributed by atoms with Crippen molar-refractivity contribution in [2.24, 2.45) is 50.2 Å². The summed E-state index contributed by atoms with van der Waals surface area (Å²) < 4.78 is 36.1. The fourth-order valence-corrected chi connectivity index (χ4v) is 14.8. The normalized spacial score (nSPS) is 56.1. The molecule has 0 amide bonds. The molecule has 5 aliphatic carbocycles. The number of aliphatic hydroxyl groups is 9. The lowest BCUT2D eigenvalue weighted by molar-refractivity contribution is -0.387. The zero-order chi connectivity index (χ0) is 46.9. The Morgan fingerprint density at radius 3 is 2.05 bits per heavy atom. The van der Waals surface area contributed by atoms with E-state index in [-0.39, 0.29) is 51.6 Å². The summed E-state index contributed by atoms with van der Waals surface area (Å²) in [7, 11) is 0. The quantitative estimate of drug-likeness (QED) is 0.122. The van der Waals surface area contributed by atoms with E-state index in [1.54, 1.807) is 0 Å². The van der Waals surface area contributed by atoms with Gasteiger partial charge in [-0.2, -0.15) is 0 Å². The first-order valence-corrected chi connectivity index (χ1v) is 23.7. The van der Waals surface area contributed by atoms with Crippen LogP contribution in [0.4, 0.5) is 0 Å². The van der Waals surface area contributed by atoms with Gasteiger partial charge >= 0.3 is 5.97 Å². The van der Waals surface area contributed by atoms with Gasteiger partial charge in [0, 0.05) is 10.8 Å². The Balaban J connectivity index is 1.06. The molecule has 0 radical (unpaired) electrons. The third-order valence-electron chi connectivity index (χ3n) is 19.1.